The van der Waals surface area contributed by atoms with E-state index in [2.05, 4.69) is 37.7 Å². The zero-order valence-electron chi connectivity index (χ0n) is 10.1. The molecule has 0 aliphatic carbocycles. The molecule has 0 aliphatic rings. The van der Waals surface area contributed by atoms with Gasteiger partial charge in [0.15, 0.2) is 0 Å². The maximum absolute atomic E-state index is 9.97. The first-order chi connectivity index (χ1) is 8.56. The van der Waals surface area contributed by atoms with Crippen molar-refractivity contribution in [2.24, 2.45) is 16.2 Å². The van der Waals surface area contributed by atoms with E-state index in [-0.39, 0.29) is 0 Å². The Morgan fingerprint density at radius 3 is 2.89 bits per heavy atom. The number of benzene rings is 1. The number of nitrogens with one attached hydrogen (secondary N) is 1. The third-order valence-electron chi connectivity index (χ3n) is 2.40. The van der Waals surface area contributed by atoms with E-state index in [0.29, 0.717) is 25.4 Å². The van der Waals surface area contributed by atoms with Crippen molar-refractivity contribution in [2.45, 2.75) is 13.5 Å². The standard InChI is InChI=1S/C10H15BIN4OP/c1-7-4-9(18(11)12)5-8(10(7)17)6-14-2-3-15-16-13/h4-5,14,17H,2-3,6H2,1H3,(H2,13,15). The van der Waals surface area contributed by atoms with E-state index >= 15 is 0 Å². The van der Waals surface area contributed by atoms with E-state index in [1.54, 1.807) is 0 Å². The molecule has 1 atom stereocenters. The molecule has 0 heterocycles. The second-order valence-electron chi connectivity index (χ2n) is 3.74. The van der Waals surface area contributed by atoms with E-state index < -0.39 is 4.88 Å². The minimum atomic E-state index is -0.684. The van der Waals surface area contributed by atoms with E-state index in [1.807, 2.05) is 19.1 Å². The molecule has 0 aliphatic heterocycles. The van der Waals surface area contributed by atoms with Crippen LogP contribution in [0, 0.1) is 6.92 Å². The van der Waals surface area contributed by atoms with Crippen LogP contribution in [0.3, 0.4) is 0 Å². The van der Waals surface area contributed by atoms with Gasteiger partial charge in [0.2, 0.25) is 0 Å². The van der Waals surface area contributed by atoms with Crippen LogP contribution >= 0.6 is 26.9 Å². The number of aromatic hydroxyl groups is 1. The molecule has 1 unspecified atom stereocenters. The molecule has 4 N–H and O–H groups in total. The van der Waals surface area contributed by atoms with Crippen molar-refractivity contribution >= 4 is 39.2 Å². The molecule has 5 nitrogen and oxygen atoms in total. The molecule has 18 heavy (non-hydrogen) atoms. The summed E-state index contributed by atoms with van der Waals surface area (Å²) in [6, 6.07) is 3.87. The number of hydrogen-bond acceptors (Lipinski definition) is 4. The summed E-state index contributed by atoms with van der Waals surface area (Å²) in [5, 5.41) is 21.0. The summed E-state index contributed by atoms with van der Waals surface area (Å²) in [6.45, 7) is 3.62. The van der Waals surface area contributed by atoms with Crippen molar-refractivity contribution in [3.05, 3.63) is 23.3 Å². The minimum absolute atomic E-state index is 0.319. The Hall–Kier alpha value is -0.525. The van der Waals surface area contributed by atoms with E-state index in [4.69, 9.17) is 12.9 Å². The fraction of sp³-hybridized carbons (Fsp3) is 0.400. The molecule has 0 radical (unpaired) electrons. The van der Waals surface area contributed by atoms with Gasteiger partial charge < -0.3 is 0 Å². The summed E-state index contributed by atoms with van der Waals surface area (Å²) in [5.74, 6) is 5.22. The maximum atomic E-state index is 9.97. The Labute approximate surface area is 121 Å². The number of aryl methyl sites for hydroxylation is 1. The number of phenolic OH excluding ortho intramolecular Hbond substituents is 1. The summed E-state index contributed by atoms with van der Waals surface area (Å²) < 4.78 is 0. The van der Waals surface area contributed by atoms with Crippen molar-refractivity contribution < 1.29 is 5.11 Å². The van der Waals surface area contributed by atoms with Gasteiger partial charge in [0.1, 0.15) is 0 Å². The molecule has 1 rings (SSSR count). The molecule has 96 valence electrons. The van der Waals surface area contributed by atoms with Gasteiger partial charge in [-0.2, -0.15) is 0 Å². The van der Waals surface area contributed by atoms with Crippen LogP contribution < -0.4 is 16.5 Å². The quantitative estimate of drug-likeness (QED) is 0.139. The molecule has 1 aromatic carbocycles. The van der Waals surface area contributed by atoms with Gasteiger partial charge in [-0.05, 0) is 0 Å². The van der Waals surface area contributed by atoms with Crippen LogP contribution in [0.4, 0.5) is 0 Å². The van der Waals surface area contributed by atoms with Gasteiger partial charge in [0.25, 0.3) is 0 Å². The number of nitrogens with zero attached hydrogens (tertiary/aromatic N) is 2. The fourth-order valence-corrected chi connectivity index (χ4v) is 2.93. The molecule has 0 fully saturated rings. The molecule has 1 aromatic rings. The van der Waals surface area contributed by atoms with Gasteiger partial charge in [-0.25, -0.2) is 0 Å². The Bertz CT molecular complexity index is 515. The molecule has 0 amide bonds. The molecular formula is C10H15BIN4OP. The van der Waals surface area contributed by atoms with E-state index in [1.165, 1.54) is 0 Å². The normalized spacial score (nSPS) is 12.1. The van der Waals surface area contributed by atoms with Crippen molar-refractivity contribution in [1.29, 1.82) is 0 Å². The predicted molar refractivity (Wildman–Crippen MR) is 84.8 cm³/mol. The second kappa shape index (κ2) is 7.81. The van der Waals surface area contributed by atoms with Crippen LogP contribution in [0.2, 0.25) is 0 Å². The Balaban J connectivity index is 2.73. The molecule has 8 heteroatoms. The fourth-order valence-electron chi connectivity index (χ4n) is 1.50. The third kappa shape index (κ3) is 4.63. The van der Waals surface area contributed by atoms with Crippen LogP contribution in [-0.4, -0.2) is 25.2 Å². The molecule has 0 bridgehead atoms. The third-order valence-corrected chi connectivity index (χ3v) is 4.82. The number of hydrogen-bond donors (Lipinski definition) is 3. The van der Waals surface area contributed by atoms with Crippen LogP contribution in [0.1, 0.15) is 11.1 Å². The first-order valence-electron chi connectivity index (χ1n) is 5.36. The van der Waals surface area contributed by atoms with Gasteiger partial charge in [-0.15, -0.1) is 0 Å². The molecule has 0 aromatic heterocycles. The first kappa shape index (κ1) is 15.5. The summed E-state index contributed by atoms with van der Waals surface area (Å²) in [6.07, 6.45) is 0. The average Bonchev–Trinajstić information content (AvgIpc) is 2.33. The van der Waals surface area contributed by atoms with Crippen LogP contribution in [0.15, 0.2) is 22.5 Å². The SMILES string of the molecule is B#P(I)c1cc(C)c(O)c(CNCCN=NN)c1. The number of nitrogens with two attached hydrogens (primary N) is 1. The van der Waals surface area contributed by atoms with E-state index in [9.17, 15) is 5.11 Å². The van der Waals surface area contributed by atoms with Gasteiger partial charge in [-0.1, -0.05) is 0 Å². The summed E-state index contributed by atoms with van der Waals surface area (Å²) in [7, 11) is 5.90. The van der Waals surface area contributed by atoms with Gasteiger partial charge in [0, 0.05) is 0 Å². The monoisotopic (exact) mass is 376 g/mol. The van der Waals surface area contributed by atoms with Crippen LogP contribution in [0.25, 0.3) is 0 Å². The van der Waals surface area contributed by atoms with Crippen molar-refractivity contribution in [2.75, 3.05) is 13.1 Å². The first-order valence-corrected chi connectivity index (χ1v) is 9.56. The number of phenols is 1. The van der Waals surface area contributed by atoms with Gasteiger partial charge >= 0.3 is 121 Å². The van der Waals surface area contributed by atoms with Crippen LogP contribution in [-0.2, 0) is 6.54 Å². The Morgan fingerprint density at radius 2 is 2.28 bits per heavy atom. The zero-order chi connectivity index (χ0) is 13.5. The van der Waals surface area contributed by atoms with Crippen LogP contribution in [0.5, 0.6) is 5.75 Å². The topological polar surface area (TPSA) is 83.0 Å². The molecule has 0 spiro atoms. The predicted octanol–water partition coefficient (Wildman–Crippen LogP) is 1.66. The molecular weight excluding hydrogens is 361 g/mol. The van der Waals surface area contributed by atoms with E-state index in [0.717, 1.165) is 16.4 Å². The summed E-state index contributed by atoms with van der Waals surface area (Å²) in [4.78, 5) is -0.684. The zero-order valence-corrected chi connectivity index (χ0v) is 13.1. The summed E-state index contributed by atoms with van der Waals surface area (Å²) in [5.41, 5.74) is 1.70. The summed E-state index contributed by atoms with van der Waals surface area (Å²) >= 11 is 2.21. The molecule has 0 saturated heterocycles. The van der Waals surface area contributed by atoms with Crippen molar-refractivity contribution in [3.63, 3.8) is 0 Å². The van der Waals surface area contributed by atoms with Crippen molar-refractivity contribution in [1.82, 2.24) is 5.32 Å². The number of halogens is 1. The molecule has 0 saturated carbocycles. The Kier molecular flexibility index (Phi) is 6.74. The van der Waals surface area contributed by atoms with Crippen molar-refractivity contribution in [3.8, 4) is 5.75 Å². The average molecular weight is 376 g/mol. The van der Waals surface area contributed by atoms with Gasteiger partial charge in [0.05, 0.1) is 0 Å². The second-order valence-corrected chi connectivity index (χ2v) is 8.00. The Morgan fingerprint density at radius 1 is 1.56 bits per heavy atom. The number of rotatable bonds is 5. The van der Waals surface area contributed by atoms with Gasteiger partial charge in [-0.3, -0.25) is 0 Å².